The van der Waals surface area contributed by atoms with Gasteiger partial charge in [-0.2, -0.15) is 0 Å². The number of anilines is 1. The predicted molar refractivity (Wildman–Crippen MR) is 61.5 cm³/mol. The molecule has 0 atom stereocenters. The van der Waals surface area contributed by atoms with Gasteiger partial charge in [-0.3, -0.25) is 0 Å². The van der Waals surface area contributed by atoms with Gasteiger partial charge in [0.2, 0.25) is 0 Å². The number of nitrogen functional groups attached to an aromatic ring is 1. The van der Waals surface area contributed by atoms with Crippen LogP contribution in [0, 0.1) is 0 Å². The molecule has 1 aromatic carbocycles. The molecule has 3 nitrogen and oxygen atoms in total. The highest BCUT2D eigenvalue weighted by molar-refractivity contribution is 5.42. The van der Waals surface area contributed by atoms with E-state index in [0.717, 1.165) is 11.3 Å². The van der Waals surface area contributed by atoms with Gasteiger partial charge in [-0.1, -0.05) is 26.0 Å². The van der Waals surface area contributed by atoms with E-state index in [1.807, 2.05) is 45.0 Å². The highest BCUT2D eigenvalue weighted by atomic mass is 16.7. The van der Waals surface area contributed by atoms with Gasteiger partial charge < -0.3 is 15.2 Å². The second kappa shape index (κ2) is 5.14. The van der Waals surface area contributed by atoms with E-state index in [4.69, 9.17) is 15.2 Å². The molecular formula is C12H19NO2. The third kappa shape index (κ3) is 2.70. The quantitative estimate of drug-likeness (QED) is 0.723. The van der Waals surface area contributed by atoms with E-state index in [0.29, 0.717) is 13.2 Å². The Balaban J connectivity index is 0.000000531. The number of rotatable bonds is 1. The van der Waals surface area contributed by atoms with Crippen LogP contribution < -0.4 is 5.73 Å². The van der Waals surface area contributed by atoms with Crippen molar-refractivity contribution in [3.63, 3.8) is 0 Å². The number of ether oxygens (including phenoxy) is 2. The molecule has 1 saturated heterocycles. The fourth-order valence-corrected chi connectivity index (χ4v) is 1.50. The summed E-state index contributed by atoms with van der Waals surface area (Å²) in [5, 5.41) is 0. The highest BCUT2D eigenvalue weighted by Crippen LogP contribution is 2.31. The minimum Gasteiger partial charge on any atom is -0.399 e. The molecular weight excluding hydrogens is 190 g/mol. The average molecular weight is 209 g/mol. The van der Waals surface area contributed by atoms with Crippen molar-refractivity contribution in [3.8, 4) is 0 Å². The standard InChI is InChI=1S/C10H13NO2.C2H6/c1-10(12-5-6-13-10)8-3-2-4-9(11)7-8;1-2/h2-4,7H,5-6,11H2,1H3;1-2H3. The van der Waals surface area contributed by atoms with Gasteiger partial charge in [0.25, 0.3) is 0 Å². The summed E-state index contributed by atoms with van der Waals surface area (Å²) in [6.45, 7) is 7.20. The van der Waals surface area contributed by atoms with Crippen LogP contribution in [0.15, 0.2) is 24.3 Å². The maximum atomic E-state index is 5.67. The third-order valence-corrected chi connectivity index (χ3v) is 2.25. The number of hydrogen-bond donors (Lipinski definition) is 1. The van der Waals surface area contributed by atoms with Gasteiger partial charge >= 0.3 is 0 Å². The first-order chi connectivity index (χ1) is 7.21. The zero-order valence-corrected chi connectivity index (χ0v) is 9.62. The van der Waals surface area contributed by atoms with Gasteiger partial charge in [0, 0.05) is 11.3 Å². The molecule has 1 aromatic rings. The van der Waals surface area contributed by atoms with Crippen LogP contribution in [0.4, 0.5) is 5.69 Å². The van der Waals surface area contributed by atoms with Crippen molar-refractivity contribution in [1.82, 2.24) is 0 Å². The van der Waals surface area contributed by atoms with Gasteiger partial charge in [-0.05, 0) is 19.1 Å². The van der Waals surface area contributed by atoms with Gasteiger partial charge in [0.15, 0.2) is 5.79 Å². The van der Waals surface area contributed by atoms with Crippen LogP contribution >= 0.6 is 0 Å². The molecule has 2 N–H and O–H groups in total. The van der Waals surface area contributed by atoms with Crippen molar-refractivity contribution in [1.29, 1.82) is 0 Å². The summed E-state index contributed by atoms with van der Waals surface area (Å²) in [6.07, 6.45) is 0. The minimum absolute atomic E-state index is 0.602. The van der Waals surface area contributed by atoms with E-state index in [2.05, 4.69) is 0 Å². The van der Waals surface area contributed by atoms with Gasteiger partial charge in [-0.25, -0.2) is 0 Å². The Hall–Kier alpha value is -1.06. The summed E-state index contributed by atoms with van der Waals surface area (Å²) in [7, 11) is 0. The average Bonchev–Trinajstić information content (AvgIpc) is 2.70. The van der Waals surface area contributed by atoms with Crippen molar-refractivity contribution in [2.75, 3.05) is 18.9 Å². The van der Waals surface area contributed by atoms with E-state index in [9.17, 15) is 0 Å². The summed E-state index contributed by atoms with van der Waals surface area (Å²) >= 11 is 0. The Kier molecular flexibility index (Phi) is 4.12. The molecule has 0 bridgehead atoms. The fraction of sp³-hybridized carbons (Fsp3) is 0.500. The predicted octanol–water partition coefficient (Wildman–Crippen LogP) is 2.51. The van der Waals surface area contributed by atoms with Gasteiger partial charge in [0.1, 0.15) is 0 Å². The van der Waals surface area contributed by atoms with E-state index in [1.165, 1.54) is 0 Å². The molecule has 0 aliphatic carbocycles. The Morgan fingerprint density at radius 2 is 1.80 bits per heavy atom. The highest BCUT2D eigenvalue weighted by Gasteiger charge is 2.32. The lowest BCUT2D eigenvalue weighted by Gasteiger charge is -2.22. The van der Waals surface area contributed by atoms with Crippen molar-refractivity contribution < 1.29 is 9.47 Å². The van der Waals surface area contributed by atoms with Crippen molar-refractivity contribution in [2.24, 2.45) is 0 Å². The zero-order valence-electron chi connectivity index (χ0n) is 9.62. The largest absolute Gasteiger partial charge is 0.399 e. The second-order valence-corrected chi connectivity index (χ2v) is 3.27. The maximum Gasteiger partial charge on any atom is 0.192 e. The Morgan fingerprint density at radius 3 is 2.33 bits per heavy atom. The van der Waals surface area contributed by atoms with E-state index in [1.54, 1.807) is 0 Å². The van der Waals surface area contributed by atoms with Gasteiger partial charge in [-0.15, -0.1) is 0 Å². The summed E-state index contributed by atoms with van der Waals surface area (Å²) < 4.78 is 11.0. The van der Waals surface area contributed by atoms with Crippen LogP contribution in [0.5, 0.6) is 0 Å². The SMILES string of the molecule is CC.CC1(c2cccc(N)c2)OCCO1. The summed E-state index contributed by atoms with van der Waals surface area (Å²) in [6, 6.07) is 7.59. The molecule has 1 aliphatic heterocycles. The second-order valence-electron chi connectivity index (χ2n) is 3.27. The normalized spacial score (nSPS) is 18.1. The summed E-state index contributed by atoms with van der Waals surface area (Å²) in [5.41, 5.74) is 7.38. The first-order valence-electron chi connectivity index (χ1n) is 5.35. The molecule has 2 rings (SSSR count). The molecule has 1 heterocycles. The Bertz CT molecular complexity index is 306. The molecule has 15 heavy (non-hydrogen) atoms. The first-order valence-corrected chi connectivity index (χ1v) is 5.35. The third-order valence-electron chi connectivity index (χ3n) is 2.25. The van der Waals surface area contributed by atoms with Crippen LogP contribution in [0.1, 0.15) is 26.3 Å². The van der Waals surface area contributed by atoms with E-state index in [-0.39, 0.29) is 0 Å². The Labute approximate surface area is 91.2 Å². The first kappa shape index (κ1) is 12.0. The molecule has 1 aliphatic rings. The van der Waals surface area contributed by atoms with E-state index >= 15 is 0 Å². The van der Waals surface area contributed by atoms with Crippen LogP contribution in [-0.4, -0.2) is 13.2 Å². The summed E-state index contributed by atoms with van der Waals surface area (Å²) in [5.74, 6) is -0.602. The number of hydrogen-bond acceptors (Lipinski definition) is 3. The van der Waals surface area contributed by atoms with E-state index < -0.39 is 5.79 Å². The van der Waals surface area contributed by atoms with Crippen LogP contribution in [0.3, 0.4) is 0 Å². The van der Waals surface area contributed by atoms with Crippen molar-refractivity contribution in [3.05, 3.63) is 29.8 Å². The van der Waals surface area contributed by atoms with Crippen LogP contribution in [0.25, 0.3) is 0 Å². The number of benzene rings is 1. The Morgan fingerprint density at radius 1 is 1.20 bits per heavy atom. The zero-order chi connectivity index (χ0) is 11.3. The molecule has 84 valence electrons. The molecule has 3 heteroatoms. The molecule has 0 amide bonds. The molecule has 0 saturated carbocycles. The van der Waals surface area contributed by atoms with Crippen LogP contribution in [0.2, 0.25) is 0 Å². The summed E-state index contributed by atoms with van der Waals surface area (Å²) in [4.78, 5) is 0. The lowest BCUT2D eigenvalue weighted by molar-refractivity contribution is -0.149. The molecule has 0 spiro atoms. The maximum absolute atomic E-state index is 5.67. The fourth-order valence-electron chi connectivity index (χ4n) is 1.50. The molecule has 0 unspecified atom stereocenters. The number of nitrogens with two attached hydrogens (primary N) is 1. The lowest BCUT2D eigenvalue weighted by Crippen LogP contribution is -2.22. The topological polar surface area (TPSA) is 44.5 Å². The monoisotopic (exact) mass is 209 g/mol. The molecule has 1 fully saturated rings. The van der Waals surface area contributed by atoms with Crippen molar-refractivity contribution in [2.45, 2.75) is 26.6 Å². The van der Waals surface area contributed by atoms with Crippen molar-refractivity contribution >= 4 is 5.69 Å². The molecule has 0 radical (unpaired) electrons. The lowest BCUT2D eigenvalue weighted by atomic mass is 10.1. The van der Waals surface area contributed by atoms with Gasteiger partial charge in [0.05, 0.1) is 13.2 Å². The molecule has 0 aromatic heterocycles. The smallest absolute Gasteiger partial charge is 0.192 e. The van der Waals surface area contributed by atoms with Crippen LogP contribution in [-0.2, 0) is 15.3 Å². The minimum atomic E-state index is -0.602.